The van der Waals surface area contributed by atoms with Crippen LogP contribution >= 0.6 is 11.5 Å². The van der Waals surface area contributed by atoms with Gasteiger partial charge in [0, 0.05) is 0 Å². The van der Waals surface area contributed by atoms with Crippen LogP contribution in [0, 0.1) is 6.92 Å². The lowest BCUT2D eigenvalue weighted by atomic mass is 10.1. The topological polar surface area (TPSA) is 105 Å². The number of nitrogens with one attached hydrogen (secondary N) is 1. The molecule has 4 N–H and O–H groups in total. The first-order chi connectivity index (χ1) is 9.99. The van der Waals surface area contributed by atoms with Crippen molar-refractivity contribution in [3.05, 3.63) is 47.2 Å². The maximum atomic E-state index is 12.1. The summed E-state index contributed by atoms with van der Waals surface area (Å²) in [6.45, 7) is 1.58. The van der Waals surface area contributed by atoms with Crippen LogP contribution in [0.1, 0.15) is 21.6 Å². The molecule has 1 aromatic carbocycles. The summed E-state index contributed by atoms with van der Waals surface area (Å²) in [7, 11) is 0. The fourth-order valence-corrected chi connectivity index (χ4v) is 2.66. The highest BCUT2D eigenvalue weighted by Gasteiger charge is 2.21. The van der Waals surface area contributed by atoms with Gasteiger partial charge >= 0.3 is 5.97 Å². The van der Waals surface area contributed by atoms with E-state index in [2.05, 4.69) is 9.69 Å². The number of aromatic nitrogens is 1. The molecule has 2 aromatic rings. The molecule has 1 heterocycles. The fourth-order valence-electron chi connectivity index (χ4n) is 1.87. The van der Waals surface area contributed by atoms with Crippen molar-refractivity contribution in [2.45, 2.75) is 19.4 Å². The maximum Gasteiger partial charge on any atom is 0.340 e. The van der Waals surface area contributed by atoms with Crippen LogP contribution in [0.25, 0.3) is 0 Å². The number of benzene rings is 1. The molecule has 0 saturated heterocycles. The number of aryl methyl sites for hydroxylation is 1. The number of nitrogens with two attached hydrogens (primary N) is 1. The third-order valence-corrected chi connectivity index (χ3v) is 3.80. The van der Waals surface area contributed by atoms with Crippen LogP contribution in [-0.4, -0.2) is 27.4 Å². The molecule has 0 aliphatic heterocycles. The molecule has 1 amide bonds. The average molecular weight is 305 g/mol. The minimum absolute atomic E-state index is 0.0141. The summed E-state index contributed by atoms with van der Waals surface area (Å²) in [5.74, 6) is -1.54. The lowest BCUT2D eigenvalue weighted by Gasteiger charge is -2.11. The van der Waals surface area contributed by atoms with Crippen LogP contribution in [0.3, 0.4) is 0 Å². The van der Waals surface area contributed by atoms with Crippen molar-refractivity contribution in [3.63, 3.8) is 0 Å². The minimum Gasteiger partial charge on any atom is -0.478 e. The Morgan fingerprint density at radius 2 is 2.05 bits per heavy atom. The smallest absolute Gasteiger partial charge is 0.340 e. The van der Waals surface area contributed by atoms with Gasteiger partial charge in [0.15, 0.2) is 0 Å². The molecule has 2 rings (SSSR count). The molecule has 110 valence electrons. The summed E-state index contributed by atoms with van der Waals surface area (Å²) in [6, 6.07) is 8.63. The Hall–Kier alpha value is -2.25. The number of rotatable bonds is 5. The number of carboxylic acids is 1. The van der Waals surface area contributed by atoms with Gasteiger partial charge in [-0.25, -0.2) is 4.79 Å². The zero-order valence-electron chi connectivity index (χ0n) is 11.4. The Balaban J connectivity index is 2.06. The number of carboxylic acid groups (broad SMARTS) is 1. The average Bonchev–Trinajstić information content (AvgIpc) is 2.80. The molecule has 1 aromatic heterocycles. The third kappa shape index (κ3) is 3.65. The van der Waals surface area contributed by atoms with Gasteiger partial charge in [-0.1, -0.05) is 30.3 Å². The van der Waals surface area contributed by atoms with E-state index in [4.69, 9.17) is 10.8 Å². The molecular weight excluding hydrogens is 290 g/mol. The number of hydrogen-bond acceptors (Lipinski definition) is 5. The zero-order valence-corrected chi connectivity index (χ0v) is 12.2. The molecule has 6 nitrogen and oxygen atoms in total. The standard InChI is InChI=1S/C14H15N3O3S/c1-8-11(14(19)20)13(21-17-8)16-12(18)10(15)7-9-5-3-2-4-6-9/h2-6,10H,7,15H2,1H3,(H,16,18)(H,19,20)/t10-/m1/s1. The Kier molecular flexibility index (Phi) is 4.66. The van der Waals surface area contributed by atoms with Crippen molar-refractivity contribution in [1.82, 2.24) is 4.37 Å². The number of hydrogen-bond donors (Lipinski definition) is 3. The lowest BCUT2D eigenvalue weighted by Crippen LogP contribution is -2.37. The van der Waals surface area contributed by atoms with Crippen molar-refractivity contribution in [3.8, 4) is 0 Å². The molecule has 21 heavy (non-hydrogen) atoms. The second kappa shape index (κ2) is 6.47. The Morgan fingerprint density at radius 1 is 1.38 bits per heavy atom. The van der Waals surface area contributed by atoms with E-state index in [0.717, 1.165) is 17.1 Å². The van der Waals surface area contributed by atoms with Crippen LogP contribution in [-0.2, 0) is 11.2 Å². The molecule has 0 spiro atoms. The number of anilines is 1. The van der Waals surface area contributed by atoms with Gasteiger partial charge in [0.05, 0.1) is 11.7 Å². The van der Waals surface area contributed by atoms with E-state index >= 15 is 0 Å². The monoisotopic (exact) mass is 305 g/mol. The largest absolute Gasteiger partial charge is 0.478 e. The van der Waals surface area contributed by atoms with E-state index in [-0.39, 0.29) is 10.6 Å². The van der Waals surface area contributed by atoms with Crippen molar-refractivity contribution in [2.24, 2.45) is 5.73 Å². The molecule has 7 heteroatoms. The number of carbonyl (C=O) groups excluding carboxylic acids is 1. The van der Waals surface area contributed by atoms with Crippen LogP contribution < -0.4 is 11.1 Å². The predicted molar refractivity (Wildman–Crippen MR) is 80.6 cm³/mol. The molecular formula is C14H15N3O3S. The van der Waals surface area contributed by atoms with E-state index in [1.54, 1.807) is 6.92 Å². The van der Waals surface area contributed by atoms with Gasteiger partial charge in [0.1, 0.15) is 10.6 Å². The van der Waals surface area contributed by atoms with Gasteiger partial charge in [0.25, 0.3) is 0 Å². The Bertz CT molecular complexity index is 655. The first-order valence-electron chi connectivity index (χ1n) is 6.29. The first-order valence-corrected chi connectivity index (χ1v) is 7.06. The van der Waals surface area contributed by atoms with Crippen molar-refractivity contribution >= 4 is 28.4 Å². The molecule has 0 unspecified atom stereocenters. The van der Waals surface area contributed by atoms with Gasteiger partial charge in [-0.15, -0.1) is 0 Å². The molecule has 0 aliphatic rings. The van der Waals surface area contributed by atoms with E-state index in [0.29, 0.717) is 12.1 Å². The molecule has 0 bridgehead atoms. The summed E-state index contributed by atoms with van der Waals surface area (Å²) in [4.78, 5) is 23.2. The lowest BCUT2D eigenvalue weighted by molar-refractivity contribution is -0.117. The van der Waals surface area contributed by atoms with Gasteiger partial charge < -0.3 is 16.2 Å². The third-order valence-electron chi connectivity index (χ3n) is 2.95. The second-order valence-corrected chi connectivity index (χ2v) is 5.34. The van der Waals surface area contributed by atoms with Gasteiger partial charge in [0.2, 0.25) is 5.91 Å². The molecule has 0 fully saturated rings. The molecule has 1 atom stereocenters. The van der Waals surface area contributed by atoms with Gasteiger partial charge in [-0.05, 0) is 30.4 Å². The van der Waals surface area contributed by atoms with E-state index < -0.39 is 17.9 Å². The number of aromatic carboxylic acids is 1. The Morgan fingerprint density at radius 3 is 2.67 bits per heavy atom. The highest BCUT2D eigenvalue weighted by molar-refractivity contribution is 7.11. The molecule has 0 radical (unpaired) electrons. The summed E-state index contributed by atoms with van der Waals surface area (Å²) < 4.78 is 3.94. The fraction of sp³-hybridized carbons (Fsp3) is 0.214. The zero-order chi connectivity index (χ0) is 15.4. The highest BCUT2D eigenvalue weighted by Crippen LogP contribution is 2.24. The summed E-state index contributed by atoms with van der Waals surface area (Å²) in [6.07, 6.45) is 0.382. The van der Waals surface area contributed by atoms with E-state index in [1.165, 1.54) is 0 Å². The summed E-state index contributed by atoms with van der Waals surface area (Å²) in [5, 5.41) is 11.9. The first kappa shape index (κ1) is 15.1. The van der Waals surface area contributed by atoms with Crippen molar-refractivity contribution in [2.75, 3.05) is 5.32 Å². The van der Waals surface area contributed by atoms with Crippen LogP contribution in [0.4, 0.5) is 5.00 Å². The van der Waals surface area contributed by atoms with Gasteiger partial charge in [-0.2, -0.15) is 4.37 Å². The van der Waals surface area contributed by atoms with Crippen molar-refractivity contribution < 1.29 is 14.7 Å². The normalized spacial score (nSPS) is 11.9. The summed E-state index contributed by atoms with van der Waals surface area (Å²) >= 11 is 0.938. The highest BCUT2D eigenvalue weighted by atomic mass is 32.1. The summed E-state index contributed by atoms with van der Waals surface area (Å²) in [5.41, 5.74) is 7.19. The maximum absolute atomic E-state index is 12.1. The minimum atomic E-state index is -1.12. The predicted octanol–water partition coefficient (Wildman–Crippen LogP) is 1.66. The molecule has 0 aliphatic carbocycles. The second-order valence-electron chi connectivity index (χ2n) is 4.56. The number of nitrogens with zero attached hydrogens (tertiary/aromatic N) is 1. The van der Waals surface area contributed by atoms with E-state index in [9.17, 15) is 9.59 Å². The number of carbonyl (C=O) groups is 2. The van der Waals surface area contributed by atoms with Crippen LogP contribution in [0.2, 0.25) is 0 Å². The quantitative estimate of drug-likeness (QED) is 0.779. The van der Waals surface area contributed by atoms with Crippen LogP contribution in [0.15, 0.2) is 30.3 Å². The van der Waals surface area contributed by atoms with E-state index in [1.807, 2.05) is 30.3 Å². The Labute approximate surface area is 125 Å². The van der Waals surface area contributed by atoms with Crippen LogP contribution in [0.5, 0.6) is 0 Å². The van der Waals surface area contributed by atoms with Crippen molar-refractivity contribution in [1.29, 1.82) is 0 Å². The number of amides is 1. The SMILES string of the molecule is Cc1nsc(NC(=O)[C@H](N)Cc2ccccc2)c1C(=O)O. The molecule has 0 saturated carbocycles. The van der Waals surface area contributed by atoms with Gasteiger partial charge in [-0.3, -0.25) is 4.79 Å².